The summed E-state index contributed by atoms with van der Waals surface area (Å²) in [6, 6.07) is 3.46. The van der Waals surface area contributed by atoms with Crippen LogP contribution in [0.4, 0.5) is 11.5 Å². The molecule has 3 rings (SSSR count). The predicted molar refractivity (Wildman–Crippen MR) is 52.7 cm³/mol. The van der Waals surface area contributed by atoms with Crippen LogP contribution in [-0.4, -0.2) is 20.0 Å². The normalized spacial score (nSPS) is 12.0. The number of nitrogens with one attached hydrogen (secondary N) is 2. The summed E-state index contributed by atoms with van der Waals surface area (Å²) in [7, 11) is 0. The van der Waals surface area contributed by atoms with Gasteiger partial charge in [-0.25, -0.2) is 4.68 Å². The van der Waals surface area contributed by atoms with E-state index in [1.54, 1.807) is 23.0 Å². The summed E-state index contributed by atoms with van der Waals surface area (Å²) in [5.41, 5.74) is 6.14. The van der Waals surface area contributed by atoms with Crippen molar-refractivity contribution in [1.82, 2.24) is 20.0 Å². The van der Waals surface area contributed by atoms with E-state index in [0.29, 0.717) is 11.4 Å². The molecular weight excluding hydrogens is 196 g/mol. The highest BCUT2D eigenvalue weighted by Gasteiger charge is 2.16. The number of nitrogens with zero attached hydrogens (tertiary/aromatic N) is 4. The number of fused-ring (bicyclic) bond motifs is 3. The SMILES string of the molecule is O=c1nnccc2c1NNc1ccnn1-2. The monoisotopic (exact) mass is 202 g/mol. The van der Waals surface area contributed by atoms with Gasteiger partial charge in [0.15, 0.2) is 0 Å². The topological polar surface area (TPSA) is 84.7 Å². The van der Waals surface area contributed by atoms with Crippen molar-refractivity contribution in [2.45, 2.75) is 0 Å². The average molecular weight is 202 g/mol. The summed E-state index contributed by atoms with van der Waals surface area (Å²) in [6.07, 6.45) is 3.09. The Labute approximate surface area is 83.7 Å². The summed E-state index contributed by atoms with van der Waals surface area (Å²) in [5.74, 6) is 0.758. The van der Waals surface area contributed by atoms with Gasteiger partial charge in [-0.05, 0) is 6.07 Å². The van der Waals surface area contributed by atoms with Crippen molar-refractivity contribution in [2.24, 2.45) is 0 Å². The van der Waals surface area contributed by atoms with Crippen LogP contribution in [0.1, 0.15) is 0 Å². The van der Waals surface area contributed by atoms with Gasteiger partial charge in [0.05, 0.1) is 18.1 Å². The fourth-order valence-electron chi connectivity index (χ4n) is 1.44. The first kappa shape index (κ1) is 7.92. The number of hydrogen-bond acceptors (Lipinski definition) is 6. The van der Waals surface area contributed by atoms with Gasteiger partial charge in [0, 0.05) is 6.07 Å². The molecule has 74 valence electrons. The lowest BCUT2D eigenvalue weighted by molar-refractivity contribution is 0.871. The molecule has 0 bridgehead atoms. The summed E-state index contributed by atoms with van der Waals surface area (Å²) in [4.78, 5) is 11.5. The lowest BCUT2D eigenvalue weighted by Crippen LogP contribution is -2.25. The van der Waals surface area contributed by atoms with Crippen molar-refractivity contribution in [1.29, 1.82) is 0 Å². The molecule has 2 N–H and O–H groups in total. The van der Waals surface area contributed by atoms with Crippen molar-refractivity contribution >= 4 is 11.5 Å². The maximum Gasteiger partial charge on any atom is 0.315 e. The van der Waals surface area contributed by atoms with Gasteiger partial charge in [-0.2, -0.15) is 10.2 Å². The van der Waals surface area contributed by atoms with E-state index in [0.717, 1.165) is 5.82 Å². The van der Waals surface area contributed by atoms with Crippen LogP contribution >= 0.6 is 0 Å². The second kappa shape index (κ2) is 2.77. The third-order valence-electron chi connectivity index (χ3n) is 2.10. The quantitative estimate of drug-likeness (QED) is 0.614. The maximum absolute atomic E-state index is 11.5. The van der Waals surface area contributed by atoms with Crippen molar-refractivity contribution in [3.8, 4) is 5.69 Å². The van der Waals surface area contributed by atoms with Gasteiger partial charge in [-0.3, -0.25) is 15.6 Å². The molecule has 0 saturated heterocycles. The van der Waals surface area contributed by atoms with Gasteiger partial charge in [0.2, 0.25) is 0 Å². The summed E-state index contributed by atoms with van der Waals surface area (Å²) in [6.45, 7) is 0. The standard InChI is InChI=1S/C8H6N6O/c15-8-7-5(1-3-9-13-8)14-6(11-12-7)2-4-10-14/h1-4,11-12H. The maximum atomic E-state index is 11.5. The Morgan fingerprint density at radius 3 is 3.07 bits per heavy atom. The first-order valence-corrected chi connectivity index (χ1v) is 4.29. The molecule has 0 unspecified atom stereocenters. The molecule has 0 atom stereocenters. The molecule has 0 aromatic carbocycles. The van der Waals surface area contributed by atoms with E-state index in [1.165, 1.54) is 6.20 Å². The molecule has 0 spiro atoms. The molecule has 0 fully saturated rings. The fourth-order valence-corrected chi connectivity index (χ4v) is 1.44. The first-order valence-electron chi connectivity index (χ1n) is 4.29. The van der Waals surface area contributed by atoms with Gasteiger partial charge in [-0.15, -0.1) is 5.10 Å². The Morgan fingerprint density at radius 2 is 2.13 bits per heavy atom. The average Bonchev–Trinajstić information content (AvgIpc) is 2.64. The number of hydrazine groups is 1. The molecule has 0 radical (unpaired) electrons. The van der Waals surface area contributed by atoms with Crippen LogP contribution in [0.2, 0.25) is 0 Å². The molecule has 1 aliphatic heterocycles. The zero-order valence-electron chi connectivity index (χ0n) is 7.51. The van der Waals surface area contributed by atoms with Crippen molar-refractivity contribution in [3.05, 3.63) is 34.9 Å². The lowest BCUT2D eigenvalue weighted by Gasteiger charge is -2.18. The van der Waals surface area contributed by atoms with Crippen LogP contribution in [-0.2, 0) is 0 Å². The highest BCUT2D eigenvalue weighted by atomic mass is 16.1. The molecular formula is C8H6N6O. The summed E-state index contributed by atoms with van der Waals surface area (Å²) in [5, 5.41) is 11.1. The zero-order chi connectivity index (χ0) is 10.3. The Bertz CT molecular complexity index is 577. The second-order valence-electron chi connectivity index (χ2n) is 2.97. The van der Waals surface area contributed by atoms with E-state index in [2.05, 4.69) is 26.1 Å². The number of rotatable bonds is 0. The highest BCUT2D eigenvalue weighted by molar-refractivity contribution is 5.67. The third-order valence-corrected chi connectivity index (χ3v) is 2.10. The Balaban J connectivity index is 2.40. The van der Waals surface area contributed by atoms with Crippen molar-refractivity contribution in [3.63, 3.8) is 0 Å². The molecule has 1 aliphatic rings. The van der Waals surface area contributed by atoms with Crippen LogP contribution in [0.3, 0.4) is 0 Å². The van der Waals surface area contributed by atoms with E-state index in [-0.39, 0.29) is 0 Å². The van der Waals surface area contributed by atoms with Crippen LogP contribution in [0.15, 0.2) is 29.3 Å². The first-order chi connectivity index (χ1) is 7.36. The Kier molecular flexibility index (Phi) is 1.46. The van der Waals surface area contributed by atoms with Crippen LogP contribution < -0.4 is 16.4 Å². The van der Waals surface area contributed by atoms with Crippen molar-refractivity contribution in [2.75, 3.05) is 10.9 Å². The van der Waals surface area contributed by atoms with Gasteiger partial charge in [-0.1, -0.05) is 0 Å². The molecule has 7 heteroatoms. The minimum Gasteiger partial charge on any atom is -0.292 e. The van der Waals surface area contributed by atoms with Crippen LogP contribution in [0.5, 0.6) is 0 Å². The van der Waals surface area contributed by atoms with E-state index >= 15 is 0 Å². The summed E-state index contributed by atoms with van der Waals surface area (Å²) >= 11 is 0. The van der Waals surface area contributed by atoms with Crippen LogP contribution in [0.25, 0.3) is 5.69 Å². The van der Waals surface area contributed by atoms with E-state index in [9.17, 15) is 4.79 Å². The molecule has 0 saturated carbocycles. The molecule has 2 aromatic rings. The molecule has 15 heavy (non-hydrogen) atoms. The Morgan fingerprint density at radius 1 is 1.20 bits per heavy atom. The minimum atomic E-state index is -0.427. The van der Waals surface area contributed by atoms with Gasteiger partial charge in [0.25, 0.3) is 0 Å². The smallest absolute Gasteiger partial charge is 0.292 e. The molecule has 2 aromatic heterocycles. The van der Waals surface area contributed by atoms with Gasteiger partial charge >= 0.3 is 5.56 Å². The van der Waals surface area contributed by atoms with Gasteiger partial charge in [0.1, 0.15) is 11.5 Å². The lowest BCUT2D eigenvalue weighted by atomic mass is 10.3. The summed E-state index contributed by atoms with van der Waals surface area (Å²) < 4.78 is 1.61. The molecule has 0 amide bonds. The molecule has 7 nitrogen and oxygen atoms in total. The van der Waals surface area contributed by atoms with E-state index < -0.39 is 5.56 Å². The highest BCUT2D eigenvalue weighted by Crippen LogP contribution is 2.22. The Hall–Kier alpha value is -2.44. The van der Waals surface area contributed by atoms with Crippen molar-refractivity contribution < 1.29 is 0 Å². The predicted octanol–water partition coefficient (Wildman–Crippen LogP) is -0.225. The number of anilines is 2. The zero-order valence-corrected chi connectivity index (χ0v) is 7.51. The number of aromatic nitrogens is 4. The van der Waals surface area contributed by atoms with E-state index in [4.69, 9.17) is 0 Å². The fraction of sp³-hybridized carbons (Fsp3) is 0. The van der Waals surface area contributed by atoms with E-state index in [1.807, 2.05) is 0 Å². The molecule has 0 aliphatic carbocycles. The minimum absolute atomic E-state index is 0.337. The molecule has 3 heterocycles. The largest absolute Gasteiger partial charge is 0.315 e. The van der Waals surface area contributed by atoms with Gasteiger partial charge < -0.3 is 0 Å². The third kappa shape index (κ3) is 1.06. The van der Waals surface area contributed by atoms with Crippen LogP contribution in [0, 0.1) is 0 Å². The number of hydrogen-bond donors (Lipinski definition) is 2. The second-order valence-corrected chi connectivity index (χ2v) is 2.97.